The van der Waals surface area contributed by atoms with Crippen molar-refractivity contribution in [2.75, 3.05) is 12.3 Å². The van der Waals surface area contributed by atoms with Crippen LogP contribution in [0.25, 0.3) is 0 Å². The number of anilines is 1. The van der Waals surface area contributed by atoms with Crippen molar-refractivity contribution >= 4 is 11.6 Å². The predicted molar refractivity (Wildman–Crippen MR) is 58.0 cm³/mol. The molecule has 0 atom stereocenters. The lowest BCUT2D eigenvalue weighted by molar-refractivity contribution is 0.0950. The summed E-state index contributed by atoms with van der Waals surface area (Å²) in [4.78, 5) is 11.6. The second-order valence-electron chi connectivity index (χ2n) is 3.84. The second kappa shape index (κ2) is 4.77. The maximum absolute atomic E-state index is 12.7. The number of carbonyl (C=O) groups excluding carboxylic acids is 1. The van der Waals surface area contributed by atoms with E-state index in [1.54, 1.807) is 0 Å². The highest BCUT2D eigenvalue weighted by Gasteiger charge is 2.09. The van der Waals surface area contributed by atoms with Crippen molar-refractivity contribution < 1.29 is 9.18 Å². The average Bonchev–Trinajstić information content (AvgIpc) is 2.14. The monoisotopic (exact) mass is 210 g/mol. The van der Waals surface area contributed by atoms with Gasteiger partial charge in [0.1, 0.15) is 5.82 Å². The lowest BCUT2D eigenvalue weighted by Crippen LogP contribution is -2.28. The van der Waals surface area contributed by atoms with Gasteiger partial charge in [0, 0.05) is 12.2 Å². The molecule has 0 saturated carbocycles. The van der Waals surface area contributed by atoms with Crippen LogP contribution in [-0.2, 0) is 0 Å². The van der Waals surface area contributed by atoms with E-state index < -0.39 is 5.82 Å². The van der Waals surface area contributed by atoms with Crippen molar-refractivity contribution in [1.82, 2.24) is 5.32 Å². The van der Waals surface area contributed by atoms with Crippen LogP contribution in [0.5, 0.6) is 0 Å². The molecule has 1 aromatic carbocycles. The van der Waals surface area contributed by atoms with Crippen LogP contribution in [0.4, 0.5) is 10.1 Å². The van der Waals surface area contributed by atoms with Crippen LogP contribution in [0.15, 0.2) is 18.2 Å². The molecule has 0 saturated heterocycles. The van der Waals surface area contributed by atoms with Gasteiger partial charge < -0.3 is 11.1 Å². The van der Waals surface area contributed by atoms with Crippen LogP contribution in [0.3, 0.4) is 0 Å². The topological polar surface area (TPSA) is 55.1 Å². The van der Waals surface area contributed by atoms with Crippen LogP contribution in [0, 0.1) is 11.7 Å². The Morgan fingerprint density at radius 2 is 2.20 bits per heavy atom. The first kappa shape index (κ1) is 11.5. The molecule has 0 aliphatic heterocycles. The maximum atomic E-state index is 12.7. The van der Waals surface area contributed by atoms with Gasteiger partial charge in [-0.05, 0) is 24.1 Å². The third-order valence-electron chi connectivity index (χ3n) is 1.93. The second-order valence-corrected chi connectivity index (χ2v) is 3.84. The summed E-state index contributed by atoms with van der Waals surface area (Å²) in [5, 5.41) is 2.72. The number of nitrogens with two attached hydrogens (primary N) is 1. The van der Waals surface area contributed by atoms with E-state index >= 15 is 0 Å². The van der Waals surface area contributed by atoms with Gasteiger partial charge in [0.05, 0.1) is 5.56 Å². The van der Waals surface area contributed by atoms with E-state index in [1.165, 1.54) is 12.1 Å². The summed E-state index contributed by atoms with van der Waals surface area (Å²) in [6.07, 6.45) is 0. The van der Waals surface area contributed by atoms with Crippen LogP contribution in [-0.4, -0.2) is 12.5 Å². The molecule has 1 aromatic rings. The fraction of sp³-hybridized carbons (Fsp3) is 0.364. The van der Waals surface area contributed by atoms with E-state index in [2.05, 4.69) is 5.32 Å². The van der Waals surface area contributed by atoms with Crippen LogP contribution >= 0.6 is 0 Å². The number of benzene rings is 1. The van der Waals surface area contributed by atoms with E-state index in [0.717, 1.165) is 6.07 Å². The van der Waals surface area contributed by atoms with Crippen LogP contribution in [0.1, 0.15) is 24.2 Å². The maximum Gasteiger partial charge on any atom is 0.253 e. The summed E-state index contributed by atoms with van der Waals surface area (Å²) < 4.78 is 12.7. The predicted octanol–water partition coefficient (Wildman–Crippen LogP) is 1.79. The van der Waals surface area contributed by atoms with E-state index in [4.69, 9.17) is 5.73 Å². The minimum Gasteiger partial charge on any atom is -0.398 e. The molecule has 1 amide bonds. The lowest BCUT2D eigenvalue weighted by Gasteiger charge is -2.09. The van der Waals surface area contributed by atoms with Gasteiger partial charge in [-0.15, -0.1) is 0 Å². The lowest BCUT2D eigenvalue weighted by atomic mass is 10.1. The number of nitrogens with one attached hydrogen (secondary N) is 1. The molecule has 0 heterocycles. The van der Waals surface area contributed by atoms with Crippen molar-refractivity contribution in [3.8, 4) is 0 Å². The molecule has 3 N–H and O–H groups in total. The molecule has 0 unspecified atom stereocenters. The van der Waals surface area contributed by atoms with Crippen molar-refractivity contribution in [3.63, 3.8) is 0 Å². The Labute approximate surface area is 88.5 Å². The molecule has 0 bridgehead atoms. The third kappa shape index (κ3) is 3.23. The number of amides is 1. The Hall–Kier alpha value is -1.58. The summed E-state index contributed by atoms with van der Waals surface area (Å²) >= 11 is 0. The molecule has 4 heteroatoms. The molecule has 3 nitrogen and oxygen atoms in total. The molecule has 0 spiro atoms. The van der Waals surface area contributed by atoms with Gasteiger partial charge in [-0.3, -0.25) is 4.79 Å². The van der Waals surface area contributed by atoms with Crippen molar-refractivity contribution in [3.05, 3.63) is 29.6 Å². The van der Waals surface area contributed by atoms with E-state index in [0.29, 0.717) is 18.0 Å². The van der Waals surface area contributed by atoms with Gasteiger partial charge >= 0.3 is 0 Å². The molecule has 1 rings (SSSR count). The van der Waals surface area contributed by atoms with Gasteiger partial charge in [-0.25, -0.2) is 4.39 Å². The molecule has 0 aliphatic carbocycles. The Morgan fingerprint density at radius 3 is 2.73 bits per heavy atom. The number of nitrogen functional groups attached to an aromatic ring is 1. The summed E-state index contributed by atoms with van der Waals surface area (Å²) in [5.74, 6) is -0.329. The van der Waals surface area contributed by atoms with E-state index in [1.807, 2.05) is 13.8 Å². The Kier molecular flexibility index (Phi) is 3.66. The zero-order valence-corrected chi connectivity index (χ0v) is 8.88. The fourth-order valence-corrected chi connectivity index (χ4v) is 1.13. The molecule has 82 valence electrons. The number of carbonyl (C=O) groups is 1. The standard InChI is InChI=1S/C11H15FN2O/c1-7(2)6-14-11(15)9-4-3-8(12)5-10(9)13/h3-5,7H,6,13H2,1-2H3,(H,14,15). The van der Waals surface area contributed by atoms with E-state index in [-0.39, 0.29) is 11.6 Å². The normalized spacial score (nSPS) is 10.4. The molecular formula is C11H15FN2O. The quantitative estimate of drug-likeness (QED) is 0.747. The summed E-state index contributed by atoms with van der Waals surface area (Å²) in [6.45, 7) is 4.57. The van der Waals surface area contributed by atoms with E-state index in [9.17, 15) is 9.18 Å². The third-order valence-corrected chi connectivity index (χ3v) is 1.93. The van der Waals surface area contributed by atoms with Crippen molar-refractivity contribution in [1.29, 1.82) is 0 Å². The molecule has 0 fully saturated rings. The Bertz CT molecular complexity index is 364. The molecule has 0 aromatic heterocycles. The zero-order valence-electron chi connectivity index (χ0n) is 8.88. The first-order valence-electron chi connectivity index (χ1n) is 4.84. The first-order valence-corrected chi connectivity index (χ1v) is 4.84. The highest BCUT2D eigenvalue weighted by atomic mass is 19.1. The number of halogens is 1. The Morgan fingerprint density at radius 1 is 1.53 bits per heavy atom. The first-order chi connectivity index (χ1) is 7.00. The summed E-state index contributed by atoms with van der Waals surface area (Å²) in [6, 6.07) is 3.76. The minimum atomic E-state index is -0.437. The largest absolute Gasteiger partial charge is 0.398 e. The molecular weight excluding hydrogens is 195 g/mol. The smallest absolute Gasteiger partial charge is 0.253 e. The highest BCUT2D eigenvalue weighted by Crippen LogP contribution is 2.13. The van der Waals surface area contributed by atoms with Gasteiger partial charge in [-0.1, -0.05) is 13.8 Å². The van der Waals surface area contributed by atoms with Crippen molar-refractivity contribution in [2.45, 2.75) is 13.8 Å². The van der Waals surface area contributed by atoms with Gasteiger partial charge in [0.25, 0.3) is 5.91 Å². The number of hydrogen-bond acceptors (Lipinski definition) is 2. The Balaban J connectivity index is 2.74. The van der Waals surface area contributed by atoms with Gasteiger partial charge in [-0.2, -0.15) is 0 Å². The van der Waals surface area contributed by atoms with Gasteiger partial charge in [0.2, 0.25) is 0 Å². The highest BCUT2D eigenvalue weighted by molar-refractivity contribution is 5.99. The molecule has 0 radical (unpaired) electrons. The fourth-order valence-electron chi connectivity index (χ4n) is 1.13. The molecule has 15 heavy (non-hydrogen) atoms. The van der Waals surface area contributed by atoms with Gasteiger partial charge in [0.15, 0.2) is 0 Å². The van der Waals surface area contributed by atoms with Crippen LogP contribution in [0.2, 0.25) is 0 Å². The summed E-state index contributed by atoms with van der Waals surface area (Å²) in [5.41, 5.74) is 6.01. The molecule has 0 aliphatic rings. The van der Waals surface area contributed by atoms with Crippen LogP contribution < -0.4 is 11.1 Å². The zero-order chi connectivity index (χ0) is 11.4. The number of rotatable bonds is 3. The number of hydrogen-bond donors (Lipinski definition) is 2. The average molecular weight is 210 g/mol. The summed E-state index contributed by atoms with van der Waals surface area (Å²) in [7, 11) is 0. The van der Waals surface area contributed by atoms with Crippen molar-refractivity contribution in [2.24, 2.45) is 5.92 Å². The minimum absolute atomic E-state index is 0.163. The SMILES string of the molecule is CC(C)CNC(=O)c1ccc(F)cc1N.